The van der Waals surface area contributed by atoms with Gasteiger partial charge in [-0.15, -0.1) is 5.10 Å². The Bertz CT molecular complexity index is 353. The molecular weight excluding hydrogens is 196 g/mol. The Labute approximate surface area is 88.1 Å². The van der Waals surface area contributed by atoms with Gasteiger partial charge in [0.1, 0.15) is 5.69 Å². The summed E-state index contributed by atoms with van der Waals surface area (Å²) in [6, 6.07) is 2.02. The number of methoxy groups -OCH3 is 1. The van der Waals surface area contributed by atoms with Gasteiger partial charge in [0, 0.05) is 7.11 Å². The molecule has 0 spiro atoms. The van der Waals surface area contributed by atoms with Crippen LogP contribution in [0.4, 0.5) is 0 Å². The number of nitriles is 1. The Balaban J connectivity index is 2.90. The van der Waals surface area contributed by atoms with E-state index in [9.17, 15) is 5.11 Å². The Kier molecular flexibility index (Phi) is 4.21. The summed E-state index contributed by atoms with van der Waals surface area (Å²) in [5.41, 5.74) is 1.36. The number of aliphatic hydroxyl groups is 1. The zero-order chi connectivity index (χ0) is 11.3. The lowest BCUT2D eigenvalue weighted by Crippen LogP contribution is -2.16. The second-order valence-electron chi connectivity index (χ2n) is 3.28. The molecule has 1 N–H and O–H groups in total. The van der Waals surface area contributed by atoms with Gasteiger partial charge < -0.3 is 9.84 Å². The normalized spacial score (nSPS) is 12.4. The number of hydrogen-bond acceptors (Lipinski definition) is 5. The van der Waals surface area contributed by atoms with E-state index in [1.165, 1.54) is 0 Å². The molecule has 6 nitrogen and oxygen atoms in total. The lowest BCUT2D eigenvalue weighted by atomic mass is 10.2. The maximum absolute atomic E-state index is 9.24. The molecule has 1 rings (SSSR count). The number of rotatable bonds is 5. The summed E-state index contributed by atoms with van der Waals surface area (Å²) in [5, 5.41) is 25.6. The van der Waals surface area contributed by atoms with Gasteiger partial charge in [0.15, 0.2) is 0 Å². The van der Waals surface area contributed by atoms with E-state index >= 15 is 0 Å². The first-order chi connectivity index (χ1) is 7.19. The third-order valence-corrected chi connectivity index (χ3v) is 1.88. The van der Waals surface area contributed by atoms with Crippen molar-refractivity contribution in [1.29, 1.82) is 5.26 Å². The van der Waals surface area contributed by atoms with E-state index in [0.717, 1.165) is 5.69 Å². The molecule has 0 fully saturated rings. The van der Waals surface area contributed by atoms with E-state index in [2.05, 4.69) is 10.3 Å². The van der Waals surface area contributed by atoms with Crippen LogP contribution in [-0.4, -0.2) is 33.3 Å². The van der Waals surface area contributed by atoms with E-state index in [1.54, 1.807) is 18.7 Å². The predicted octanol–water partition coefficient (Wildman–Crippen LogP) is -0.129. The maximum Gasteiger partial charge on any atom is 0.102 e. The maximum atomic E-state index is 9.24. The molecule has 0 aliphatic carbocycles. The van der Waals surface area contributed by atoms with Gasteiger partial charge in [-0.05, 0) is 6.92 Å². The standard InChI is InChI=1S/C9H14N4O2/c1-7(14)5-13-9(6-15-2)8(3-4-10)11-12-13/h7,14H,3,5-6H2,1-2H3. The SMILES string of the molecule is COCc1c(CC#N)nnn1CC(C)O. The first kappa shape index (κ1) is 11.6. The highest BCUT2D eigenvalue weighted by Gasteiger charge is 2.13. The zero-order valence-corrected chi connectivity index (χ0v) is 8.84. The van der Waals surface area contributed by atoms with E-state index in [-0.39, 0.29) is 6.42 Å². The minimum absolute atomic E-state index is 0.207. The summed E-state index contributed by atoms with van der Waals surface area (Å²) in [6.07, 6.45) is -0.296. The van der Waals surface area contributed by atoms with Crippen molar-refractivity contribution in [2.75, 3.05) is 7.11 Å². The molecule has 0 amide bonds. The van der Waals surface area contributed by atoms with Gasteiger partial charge in [0.05, 0.1) is 37.4 Å². The monoisotopic (exact) mass is 210 g/mol. The third-order valence-electron chi connectivity index (χ3n) is 1.88. The topological polar surface area (TPSA) is 84.0 Å². The average Bonchev–Trinajstić information content (AvgIpc) is 2.51. The van der Waals surface area contributed by atoms with Gasteiger partial charge in [-0.2, -0.15) is 5.26 Å². The van der Waals surface area contributed by atoms with Gasteiger partial charge in [0.25, 0.3) is 0 Å². The number of nitrogens with zero attached hydrogens (tertiary/aromatic N) is 4. The number of hydrogen-bond donors (Lipinski definition) is 1. The Morgan fingerprint density at radius 2 is 2.40 bits per heavy atom. The van der Waals surface area contributed by atoms with E-state index in [1.807, 2.05) is 6.07 Å². The van der Waals surface area contributed by atoms with Crippen molar-refractivity contribution >= 4 is 0 Å². The molecule has 82 valence electrons. The largest absolute Gasteiger partial charge is 0.391 e. The second-order valence-corrected chi connectivity index (χ2v) is 3.28. The Morgan fingerprint density at radius 3 is 2.93 bits per heavy atom. The van der Waals surface area contributed by atoms with Gasteiger partial charge >= 0.3 is 0 Å². The molecule has 0 saturated heterocycles. The number of aliphatic hydroxyl groups excluding tert-OH is 1. The van der Waals surface area contributed by atoms with Crippen LogP contribution in [0.15, 0.2) is 0 Å². The molecule has 1 heterocycles. The molecule has 1 unspecified atom stereocenters. The van der Waals surface area contributed by atoms with Gasteiger partial charge in [0.2, 0.25) is 0 Å². The molecule has 1 atom stereocenters. The highest BCUT2D eigenvalue weighted by molar-refractivity contribution is 5.13. The van der Waals surface area contributed by atoms with Crippen molar-refractivity contribution in [1.82, 2.24) is 15.0 Å². The van der Waals surface area contributed by atoms with Crippen molar-refractivity contribution in [2.45, 2.75) is 32.6 Å². The van der Waals surface area contributed by atoms with Crippen LogP contribution < -0.4 is 0 Å². The van der Waals surface area contributed by atoms with E-state index < -0.39 is 6.10 Å². The minimum Gasteiger partial charge on any atom is -0.391 e. The lowest BCUT2D eigenvalue weighted by Gasteiger charge is -2.07. The van der Waals surface area contributed by atoms with Gasteiger partial charge in [-0.25, -0.2) is 4.68 Å². The van der Waals surface area contributed by atoms with Crippen LogP contribution in [-0.2, 0) is 24.3 Å². The van der Waals surface area contributed by atoms with Crippen LogP contribution in [0.3, 0.4) is 0 Å². The summed E-state index contributed by atoms with van der Waals surface area (Å²) in [4.78, 5) is 0. The molecule has 0 radical (unpaired) electrons. The summed E-state index contributed by atoms with van der Waals surface area (Å²) in [6.45, 7) is 2.37. The lowest BCUT2D eigenvalue weighted by molar-refractivity contribution is 0.150. The highest BCUT2D eigenvalue weighted by atomic mass is 16.5. The quantitative estimate of drug-likeness (QED) is 0.732. The molecule has 0 aromatic carbocycles. The predicted molar refractivity (Wildman–Crippen MR) is 51.7 cm³/mol. The molecule has 6 heteroatoms. The van der Waals surface area contributed by atoms with E-state index in [0.29, 0.717) is 18.8 Å². The first-order valence-electron chi connectivity index (χ1n) is 4.64. The van der Waals surface area contributed by atoms with Crippen molar-refractivity contribution in [3.8, 4) is 6.07 Å². The Hall–Kier alpha value is -1.45. The summed E-state index contributed by atoms with van der Waals surface area (Å²) in [7, 11) is 1.57. The third kappa shape index (κ3) is 3.01. The van der Waals surface area contributed by atoms with Gasteiger partial charge in [-0.1, -0.05) is 5.21 Å². The fraction of sp³-hybridized carbons (Fsp3) is 0.667. The summed E-state index contributed by atoms with van der Waals surface area (Å²) in [5.74, 6) is 0. The van der Waals surface area contributed by atoms with Gasteiger partial charge in [-0.3, -0.25) is 0 Å². The molecule has 1 aromatic heterocycles. The average molecular weight is 210 g/mol. The Morgan fingerprint density at radius 1 is 1.67 bits per heavy atom. The summed E-state index contributed by atoms with van der Waals surface area (Å²) < 4.78 is 6.57. The van der Waals surface area contributed by atoms with Crippen LogP contribution in [0, 0.1) is 11.3 Å². The van der Waals surface area contributed by atoms with Crippen LogP contribution >= 0.6 is 0 Å². The van der Waals surface area contributed by atoms with Crippen molar-refractivity contribution < 1.29 is 9.84 Å². The fourth-order valence-corrected chi connectivity index (χ4v) is 1.27. The molecule has 15 heavy (non-hydrogen) atoms. The molecule has 0 aliphatic heterocycles. The minimum atomic E-state index is -0.503. The molecule has 0 bridgehead atoms. The molecule has 0 saturated carbocycles. The van der Waals surface area contributed by atoms with Crippen molar-refractivity contribution in [2.24, 2.45) is 0 Å². The van der Waals surface area contributed by atoms with Crippen LogP contribution in [0.25, 0.3) is 0 Å². The van der Waals surface area contributed by atoms with Crippen molar-refractivity contribution in [3.05, 3.63) is 11.4 Å². The summed E-state index contributed by atoms with van der Waals surface area (Å²) >= 11 is 0. The van der Waals surface area contributed by atoms with Crippen LogP contribution in [0.2, 0.25) is 0 Å². The molecule has 1 aromatic rings. The van der Waals surface area contributed by atoms with Crippen LogP contribution in [0.5, 0.6) is 0 Å². The number of ether oxygens (including phenoxy) is 1. The molecule has 0 aliphatic rings. The van der Waals surface area contributed by atoms with Crippen molar-refractivity contribution in [3.63, 3.8) is 0 Å². The molecular formula is C9H14N4O2. The van der Waals surface area contributed by atoms with Crippen LogP contribution in [0.1, 0.15) is 18.3 Å². The van der Waals surface area contributed by atoms with E-state index in [4.69, 9.17) is 10.00 Å². The highest BCUT2D eigenvalue weighted by Crippen LogP contribution is 2.08. The smallest absolute Gasteiger partial charge is 0.102 e. The first-order valence-corrected chi connectivity index (χ1v) is 4.64. The zero-order valence-electron chi connectivity index (χ0n) is 8.84. The fourth-order valence-electron chi connectivity index (χ4n) is 1.27. The second kappa shape index (κ2) is 5.44. The number of aromatic nitrogens is 3.